The zero-order chi connectivity index (χ0) is 15.1. The largest absolute Gasteiger partial charge is 0.342 e. The summed E-state index contributed by atoms with van der Waals surface area (Å²) in [6, 6.07) is 0.632. The van der Waals surface area contributed by atoms with Crippen molar-refractivity contribution in [3.8, 4) is 0 Å². The lowest BCUT2D eigenvalue weighted by molar-refractivity contribution is -0.137. The van der Waals surface area contributed by atoms with Gasteiger partial charge in [0.25, 0.3) is 0 Å². The fourth-order valence-corrected chi connectivity index (χ4v) is 3.51. The van der Waals surface area contributed by atoms with E-state index in [1.807, 2.05) is 0 Å². The van der Waals surface area contributed by atoms with Crippen LogP contribution in [-0.2, 0) is 4.79 Å². The van der Waals surface area contributed by atoms with Crippen molar-refractivity contribution < 1.29 is 4.79 Å². The molecule has 0 aliphatic carbocycles. The molecule has 2 rings (SSSR count). The smallest absolute Gasteiger partial charge is 0.225 e. The molecule has 2 fully saturated rings. The van der Waals surface area contributed by atoms with Crippen LogP contribution in [0.4, 0.5) is 0 Å². The van der Waals surface area contributed by atoms with Crippen molar-refractivity contribution in [1.29, 1.82) is 0 Å². The molecular weight excluding hydrogens is 248 g/mol. The van der Waals surface area contributed by atoms with Crippen molar-refractivity contribution in [2.75, 3.05) is 26.2 Å². The molecule has 0 N–H and O–H groups in total. The topological polar surface area (TPSA) is 23.6 Å². The van der Waals surface area contributed by atoms with Gasteiger partial charge < -0.3 is 9.80 Å². The maximum atomic E-state index is 12.7. The van der Waals surface area contributed by atoms with E-state index in [9.17, 15) is 4.79 Å². The molecule has 116 valence electrons. The summed E-state index contributed by atoms with van der Waals surface area (Å²) in [7, 11) is 0. The van der Waals surface area contributed by atoms with Gasteiger partial charge in [-0.1, -0.05) is 27.7 Å². The number of rotatable bonds is 2. The summed E-state index contributed by atoms with van der Waals surface area (Å²) < 4.78 is 0. The molecule has 0 aromatic rings. The Morgan fingerprint density at radius 3 is 2.15 bits per heavy atom. The van der Waals surface area contributed by atoms with Gasteiger partial charge in [-0.15, -0.1) is 0 Å². The average molecular weight is 280 g/mol. The van der Waals surface area contributed by atoms with Crippen molar-refractivity contribution >= 4 is 5.91 Å². The van der Waals surface area contributed by atoms with Crippen LogP contribution in [-0.4, -0.2) is 47.9 Å². The van der Waals surface area contributed by atoms with E-state index in [1.54, 1.807) is 0 Å². The molecule has 3 heteroatoms. The van der Waals surface area contributed by atoms with Gasteiger partial charge in [-0.25, -0.2) is 0 Å². The molecule has 0 bridgehead atoms. The Balaban J connectivity index is 1.98. The predicted molar refractivity (Wildman–Crippen MR) is 83.6 cm³/mol. The molecule has 0 saturated carbocycles. The fourth-order valence-electron chi connectivity index (χ4n) is 3.51. The predicted octanol–water partition coefficient (Wildman–Crippen LogP) is 3.00. The van der Waals surface area contributed by atoms with E-state index in [0.717, 1.165) is 13.1 Å². The second-order valence-corrected chi connectivity index (χ2v) is 8.41. The van der Waals surface area contributed by atoms with Gasteiger partial charge >= 0.3 is 0 Å². The lowest BCUT2D eigenvalue weighted by Crippen LogP contribution is -2.40. The second kappa shape index (κ2) is 5.32. The Bertz CT molecular complexity index is 372. The van der Waals surface area contributed by atoms with Crippen LogP contribution in [0.5, 0.6) is 0 Å². The number of likely N-dealkylation sites (tertiary alicyclic amines) is 2. The minimum atomic E-state index is 0.0620. The fraction of sp³-hybridized carbons (Fsp3) is 0.941. The molecule has 2 aliphatic heterocycles. The maximum Gasteiger partial charge on any atom is 0.225 e. The highest BCUT2D eigenvalue weighted by Gasteiger charge is 2.46. The highest BCUT2D eigenvalue weighted by molar-refractivity contribution is 5.79. The first-order valence-electron chi connectivity index (χ1n) is 8.17. The minimum Gasteiger partial charge on any atom is -0.342 e. The summed E-state index contributed by atoms with van der Waals surface area (Å²) in [4.78, 5) is 17.4. The van der Waals surface area contributed by atoms with Crippen molar-refractivity contribution in [3.05, 3.63) is 0 Å². The van der Waals surface area contributed by atoms with E-state index in [1.165, 1.54) is 25.9 Å². The van der Waals surface area contributed by atoms with Gasteiger partial charge in [0.15, 0.2) is 0 Å². The number of amides is 1. The number of carbonyl (C=O) groups excluding carboxylic acids is 1. The van der Waals surface area contributed by atoms with Gasteiger partial charge in [-0.05, 0) is 38.6 Å². The molecule has 1 amide bonds. The van der Waals surface area contributed by atoms with Gasteiger partial charge in [0.05, 0.1) is 0 Å². The van der Waals surface area contributed by atoms with E-state index in [4.69, 9.17) is 0 Å². The first-order chi connectivity index (χ1) is 9.15. The molecule has 3 nitrogen and oxygen atoms in total. The number of hydrogen-bond acceptors (Lipinski definition) is 2. The normalized spacial score (nSPS) is 29.6. The Morgan fingerprint density at radius 1 is 1.05 bits per heavy atom. The molecule has 0 aromatic carbocycles. The third kappa shape index (κ3) is 3.03. The molecule has 2 heterocycles. The Hall–Kier alpha value is -0.570. The summed E-state index contributed by atoms with van der Waals surface area (Å²) in [5, 5.41) is 0. The minimum absolute atomic E-state index is 0.0620. The van der Waals surface area contributed by atoms with Crippen LogP contribution in [0, 0.1) is 16.7 Å². The van der Waals surface area contributed by atoms with Crippen molar-refractivity contribution in [1.82, 2.24) is 9.80 Å². The summed E-state index contributed by atoms with van der Waals surface area (Å²) in [6.07, 6.45) is 2.46. The maximum absolute atomic E-state index is 12.7. The molecule has 2 atom stereocenters. The lowest BCUT2D eigenvalue weighted by Gasteiger charge is -2.31. The van der Waals surface area contributed by atoms with Crippen molar-refractivity contribution in [2.24, 2.45) is 16.7 Å². The number of carbonyl (C=O) groups is 1. The van der Waals surface area contributed by atoms with Gasteiger partial charge in [-0.2, -0.15) is 0 Å². The average Bonchev–Trinajstić information content (AvgIpc) is 2.95. The zero-order valence-electron chi connectivity index (χ0n) is 14.2. The van der Waals surface area contributed by atoms with Crippen LogP contribution in [0.25, 0.3) is 0 Å². The van der Waals surface area contributed by atoms with E-state index < -0.39 is 0 Å². The SMILES string of the molecule is CC(C)N1CCC2(CCN(C(=O)C(C)C(C)(C)C)C2)C1. The van der Waals surface area contributed by atoms with E-state index in [0.29, 0.717) is 17.4 Å². The highest BCUT2D eigenvalue weighted by atomic mass is 16.2. The van der Waals surface area contributed by atoms with Crippen molar-refractivity contribution in [2.45, 2.75) is 60.4 Å². The number of nitrogens with zero attached hydrogens (tertiary/aromatic N) is 2. The molecule has 2 saturated heterocycles. The van der Waals surface area contributed by atoms with E-state index in [2.05, 4.69) is 51.3 Å². The summed E-state index contributed by atoms with van der Waals surface area (Å²) >= 11 is 0. The quantitative estimate of drug-likeness (QED) is 0.776. The first-order valence-corrected chi connectivity index (χ1v) is 8.17. The van der Waals surface area contributed by atoms with Crippen LogP contribution >= 0.6 is 0 Å². The highest BCUT2D eigenvalue weighted by Crippen LogP contribution is 2.41. The molecular formula is C17H32N2O. The summed E-state index contributed by atoms with van der Waals surface area (Å²) in [5.74, 6) is 0.470. The van der Waals surface area contributed by atoms with Crippen LogP contribution in [0.2, 0.25) is 0 Å². The van der Waals surface area contributed by atoms with Gasteiger partial charge in [-0.3, -0.25) is 4.79 Å². The second-order valence-electron chi connectivity index (χ2n) is 8.41. The molecule has 1 spiro atoms. The van der Waals surface area contributed by atoms with Gasteiger partial charge in [0, 0.05) is 37.0 Å². The van der Waals surface area contributed by atoms with E-state index in [-0.39, 0.29) is 11.3 Å². The molecule has 0 aromatic heterocycles. The summed E-state index contributed by atoms with van der Waals surface area (Å²) in [5.41, 5.74) is 0.448. The van der Waals surface area contributed by atoms with Crippen molar-refractivity contribution in [3.63, 3.8) is 0 Å². The van der Waals surface area contributed by atoms with Crippen LogP contribution in [0.3, 0.4) is 0 Å². The van der Waals surface area contributed by atoms with Crippen LogP contribution in [0.15, 0.2) is 0 Å². The standard InChI is InChI=1S/C17H32N2O/c1-13(2)18-9-7-17(11-18)8-10-19(12-17)15(20)14(3)16(4,5)6/h13-14H,7-12H2,1-6H3. The zero-order valence-corrected chi connectivity index (χ0v) is 14.2. The molecule has 2 unspecified atom stereocenters. The van der Waals surface area contributed by atoms with Crippen LogP contribution < -0.4 is 0 Å². The Morgan fingerprint density at radius 2 is 1.65 bits per heavy atom. The van der Waals surface area contributed by atoms with Gasteiger partial charge in [0.2, 0.25) is 5.91 Å². The van der Waals surface area contributed by atoms with E-state index >= 15 is 0 Å². The Kier molecular flexibility index (Phi) is 4.21. The molecule has 20 heavy (non-hydrogen) atoms. The molecule has 2 aliphatic rings. The summed E-state index contributed by atoms with van der Waals surface area (Å²) in [6.45, 7) is 17.5. The monoisotopic (exact) mass is 280 g/mol. The molecule has 0 radical (unpaired) electrons. The van der Waals surface area contributed by atoms with Crippen LogP contribution in [0.1, 0.15) is 54.4 Å². The lowest BCUT2D eigenvalue weighted by atomic mass is 9.81. The first kappa shape index (κ1) is 15.8. The third-order valence-electron chi connectivity index (χ3n) is 5.62. The van der Waals surface area contributed by atoms with Gasteiger partial charge in [0.1, 0.15) is 0 Å². The number of hydrogen-bond donors (Lipinski definition) is 0. The Labute approximate surface area is 124 Å². The third-order valence-corrected chi connectivity index (χ3v) is 5.62.